The topological polar surface area (TPSA) is 76.7 Å². The second kappa shape index (κ2) is 8.19. The fourth-order valence-electron chi connectivity index (χ4n) is 2.26. The van der Waals surface area contributed by atoms with Gasteiger partial charge >= 0.3 is 0 Å². The first-order valence-electron chi connectivity index (χ1n) is 7.89. The summed E-state index contributed by atoms with van der Waals surface area (Å²) in [5, 5.41) is 5.38. The van der Waals surface area contributed by atoms with Crippen molar-refractivity contribution in [3.05, 3.63) is 53.6 Å². The van der Waals surface area contributed by atoms with Crippen LogP contribution in [0, 0.1) is 6.92 Å². The number of methoxy groups -OCH3 is 1. The van der Waals surface area contributed by atoms with E-state index in [0.717, 1.165) is 5.56 Å². The summed E-state index contributed by atoms with van der Waals surface area (Å²) < 4.78 is 10.8. The second-order valence-electron chi connectivity index (χ2n) is 5.54. The van der Waals surface area contributed by atoms with Gasteiger partial charge in [0.15, 0.2) is 6.10 Å². The van der Waals surface area contributed by atoms with Gasteiger partial charge in [-0.25, -0.2) is 0 Å². The Balaban J connectivity index is 2.04. The molecule has 1 atom stereocenters. The predicted molar refractivity (Wildman–Crippen MR) is 96.3 cm³/mol. The van der Waals surface area contributed by atoms with Gasteiger partial charge in [0, 0.05) is 24.4 Å². The van der Waals surface area contributed by atoms with Crippen molar-refractivity contribution in [2.75, 3.05) is 19.5 Å². The number of hydrogen-bond acceptors (Lipinski definition) is 4. The molecule has 1 unspecified atom stereocenters. The van der Waals surface area contributed by atoms with Gasteiger partial charge in [0.05, 0.1) is 7.11 Å². The predicted octanol–water partition coefficient (Wildman–Crippen LogP) is 2.77. The van der Waals surface area contributed by atoms with Gasteiger partial charge in [-0.3, -0.25) is 9.59 Å². The lowest BCUT2D eigenvalue weighted by atomic mass is 10.1. The van der Waals surface area contributed by atoms with E-state index in [2.05, 4.69) is 10.6 Å². The van der Waals surface area contributed by atoms with E-state index in [9.17, 15) is 9.59 Å². The minimum Gasteiger partial charge on any atom is -0.497 e. The van der Waals surface area contributed by atoms with Crippen molar-refractivity contribution in [1.29, 1.82) is 0 Å². The van der Waals surface area contributed by atoms with Gasteiger partial charge in [0.2, 0.25) is 0 Å². The van der Waals surface area contributed by atoms with E-state index >= 15 is 0 Å². The third-order valence-electron chi connectivity index (χ3n) is 3.70. The second-order valence-corrected chi connectivity index (χ2v) is 5.54. The Labute approximate surface area is 147 Å². The number of aryl methyl sites for hydroxylation is 1. The van der Waals surface area contributed by atoms with Gasteiger partial charge in [-0.15, -0.1) is 0 Å². The van der Waals surface area contributed by atoms with E-state index < -0.39 is 6.10 Å². The average Bonchev–Trinajstić information content (AvgIpc) is 2.62. The van der Waals surface area contributed by atoms with Gasteiger partial charge in [-0.2, -0.15) is 0 Å². The molecule has 2 aromatic carbocycles. The number of benzene rings is 2. The van der Waals surface area contributed by atoms with Crippen LogP contribution in [0.2, 0.25) is 0 Å². The quantitative estimate of drug-likeness (QED) is 0.846. The number of nitrogens with one attached hydrogen (secondary N) is 2. The van der Waals surface area contributed by atoms with Crippen LogP contribution in [0.15, 0.2) is 42.5 Å². The van der Waals surface area contributed by atoms with E-state index in [-0.39, 0.29) is 11.8 Å². The molecule has 6 nitrogen and oxygen atoms in total. The van der Waals surface area contributed by atoms with Crippen LogP contribution in [-0.2, 0) is 4.79 Å². The maximum atomic E-state index is 12.4. The maximum absolute atomic E-state index is 12.4. The van der Waals surface area contributed by atoms with Gasteiger partial charge in [0.1, 0.15) is 11.5 Å². The van der Waals surface area contributed by atoms with Crippen LogP contribution in [0.5, 0.6) is 11.5 Å². The Kier molecular flexibility index (Phi) is 6.00. The Hall–Kier alpha value is -3.02. The molecular weight excluding hydrogens is 320 g/mol. The average molecular weight is 342 g/mol. The molecule has 0 aromatic heterocycles. The zero-order chi connectivity index (χ0) is 18.4. The molecule has 0 spiro atoms. The van der Waals surface area contributed by atoms with Crippen molar-refractivity contribution in [3.8, 4) is 11.5 Å². The molecular formula is C19H22N2O4. The first-order chi connectivity index (χ1) is 11.9. The number of carbonyl (C=O) groups excluding carboxylic acids is 2. The summed E-state index contributed by atoms with van der Waals surface area (Å²) in [6, 6.07) is 12.2. The minimum absolute atomic E-state index is 0.171. The van der Waals surface area contributed by atoms with Gasteiger partial charge in [-0.1, -0.05) is 6.07 Å². The van der Waals surface area contributed by atoms with Gasteiger partial charge < -0.3 is 20.1 Å². The van der Waals surface area contributed by atoms with Crippen LogP contribution in [0.1, 0.15) is 22.8 Å². The molecule has 0 bridgehead atoms. The molecule has 0 aliphatic rings. The highest BCUT2D eigenvalue weighted by molar-refractivity contribution is 5.97. The minimum atomic E-state index is -0.690. The summed E-state index contributed by atoms with van der Waals surface area (Å²) >= 11 is 0. The molecule has 0 saturated heterocycles. The molecule has 0 radical (unpaired) electrons. The van der Waals surface area contributed by atoms with Crippen LogP contribution in [0.25, 0.3) is 0 Å². The summed E-state index contributed by atoms with van der Waals surface area (Å²) in [6.45, 7) is 3.50. The molecule has 2 amide bonds. The standard InChI is InChI=1S/C19H22N2O4/c1-12-10-14(19(23)20-3)8-9-17(12)21-18(22)13(2)25-16-7-5-6-15(11-16)24-4/h5-11,13H,1-4H3,(H,20,23)(H,21,22). The number of amides is 2. The molecule has 6 heteroatoms. The monoisotopic (exact) mass is 342 g/mol. The van der Waals surface area contributed by atoms with Crippen molar-refractivity contribution in [2.45, 2.75) is 20.0 Å². The first kappa shape index (κ1) is 18.3. The van der Waals surface area contributed by atoms with Crippen LogP contribution in [0.3, 0.4) is 0 Å². The summed E-state index contributed by atoms with van der Waals surface area (Å²) in [5.41, 5.74) is 1.97. The van der Waals surface area contributed by atoms with Crippen molar-refractivity contribution in [2.24, 2.45) is 0 Å². The zero-order valence-electron chi connectivity index (χ0n) is 14.8. The fraction of sp³-hybridized carbons (Fsp3) is 0.263. The van der Waals surface area contributed by atoms with Crippen LogP contribution < -0.4 is 20.1 Å². The third kappa shape index (κ3) is 4.73. The van der Waals surface area contributed by atoms with Crippen molar-refractivity contribution in [3.63, 3.8) is 0 Å². The Morgan fingerprint density at radius 1 is 1.08 bits per heavy atom. The third-order valence-corrected chi connectivity index (χ3v) is 3.70. The van der Waals surface area contributed by atoms with Crippen LogP contribution in [0.4, 0.5) is 5.69 Å². The Morgan fingerprint density at radius 3 is 2.44 bits per heavy atom. The number of hydrogen-bond donors (Lipinski definition) is 2. The molecule has 0 heterocycles. The molecule has 0 saturated carbocycles. The molecule has 25 heavy (non-hydrogen) atoms. The van der Waals surface area contributed by atoms with E-state index in [1.54, 1.807) is 63.5 Å². The maximum Gasteiger partial charge on any atom is 0.265 e. The van der Waals surface area contributed by atoms with E-state index in [0.29, 0.717) is 22.7 Å². The molecule has 2 rings (SSSR count). The number of anilines is 1. The van der Waals surface area contributed by atoms with Crippen molar-refractivity contribution in [1.82, 2.24) is 5.32 Å². The number of carbonyl (C=O) groups is 2. The van der Waals surface area contributed by atoms with Crippen molar-refractivity contribution < 1.29 is 19.1 Å². The van der Waals surface area contributed by atoms with E-state index in [1.807, 2.05) is 6.92 Å². The largest absolute Gasteiger partial charge is 0.497 e. The summed E-state index contributed by atoms with van der Waals surface area (Å²) in [4.78, 5) is 24.0. The Bertz CT molecular complexity index is 774. The highest BCUT2D eigenvalue weighted by atomic mass is 16.5. The van der Waals surface area contributed by atoms with E-state index in [1.165, 1.54) is 0 Å². The number of rotatable bonds is 6. The summed E-state index contributed by atoms with van der Waals surface area (Å²) in [5.74, 6) is 0.758. The molecule has 0 aliphatic carbocycles. The lowest BCUT2D eigenvalue weighted by Gasteiger charge is -2.16. The highest BCUT2D eigenvalue weighted by Gasteiger charge is 2.16. The zero-order valence-corrected chi connectivity index (χ0v) is 14.8. The lowest BCUT2D eigenvalue weighted by molar-refractivity contribution is -0.122. The normalized spacial score (nSPS) is 11.4. The summed E-state index contributed by atoms with van der Waals surface area (Å²) in [7, 11) is 3.14. The van der Waals surface area contributed by atoms with Crippen LogP contribution in [-0.4, -0.2) is 32.1 Å². The molecule has 0 aliphatic heterocycles. The SMILES string of the molecule is CNC(=O)c1ccc(NC(=O)C(C)Oc2cccc(OC)c2)c(C)c1. The van der Waals surface area contributed by atoms with Gasteiger partial charge in [0.25, 0.3) is 11.8 Å². The highest BCUT2D eigenvalue weighted by Crippen LogP contribution is 2.21. The first-order valence-corrected chi connectivity index (χ1v) is 7.89. The molecule has 0 fully saturated rings. The molecule has 2 aromatic rings. The summed E-state index contributed by atoms with van der Waals surface area (Å²) in [6.07, 6.45) is -0.690. The Morgan fingerprint density at radius 2 is 1.80 bits per heavy atom. The fourth-order valence-corrected chi connectivity index (χ4v) is 2.26. The van der Waals surface area contributed by atoms with E-state index in [4.69, 9.17) is 9.47 Å². The number of ether oxygens (including phenoxy) is 2. The molecule has 2 N–H and O–H groups in total. The van der Waals surface area contributed by atoms with Gasteiger partial charge in [-0.05, 0) is 49.7 Å². The molecule has 132 valence electrons. The smallest absolute Gasteiger partial charge is 0.265 e. The van der Waals surface area contributed by atoms with Crippen molar-refractivity contribution >= 4 is 17.5 Å². The lowest BCUT2D eigenvalue weighted by Crippen LogP contribution is -2.30. The van der Waals surface area contributed by atoms with Crippen LogP contribution >= 0.6 is 0 Å².